The van der Waals surface area contributed by atoms with Crippen LogP contribution in [0.15, 0.2) is 54.6 Å². The van der Waals surface area contributed by atoms with Gasteiger partial charge in [0.15, 0.2) is 0 Å². The van der Waals surface area contributed by atoms with Crippen molar-refractivity contribution in [2.45, 2.75) is 27.2 Å². The van der Waals surface area contributed by atoms with Crippen LogP contribution < -0.4 is 0 Å². The molecule has 0 spiro atoms. The van der Waals surface area contributed by atoms with Crippen LogP contribution in [0.4, 0.5) is 4.39 Å². The van der Waals surface area contributed by atoms with Crippen LogP contribution in [0.25, 0.3) is 17.3 Å². The first-order valence-electron chi connectivity index (χ1n) is 8.70. The lowest BCUT2D eigenvalue weighted by atomic mass is 10.0. The third-order valence-corrected chi connectivity index (χ3v) is 4.66. The van der Waals surface area contributed by atoms with Gasteiger partial charge in [0.05, 0.1) is 11.6 Å². The van der Waals surface area contributed by atoms with E-state index >= 15 is 0 Å². The maximum absolute atomic E-state index is 13.2. The summed E-state index contributed by atoms with van der Waals surface area (Å²) >= 11 is 0. The number of aromatic nitrogens is 1. The summed E-state index contributed by atoms with van der Waals surface area (Å²) in [7, 11) is 0. The molecule has 0 unspecified atom stereocenters. The topological polar surface area (TPSA) is 28.7 Å². The van der Waals surface area contributed by atoms with E-state index in [1.54, 1.807) is 12.1 Å². The number of aryl methyl sites for hydroxylation is 2. The van der Waals surface area contributed by atoms with Gasteiger partial charge in [-0.1, -0.05) is 37.3 Å². The molecule has 1 aromatic heterocycles. The molecule has 0 aliphatic carbocycles. The molecule has 2 aromatic carbocycles. The smallest absolute Gasteiger partial charge is 0.123 e. The van der Waals surface area contributed by atoms with Crippen molar-refractivity contribution in [3.8, 4) is 11.8 Å². The molecule has 0 aliphatic heterocycles. The molecule has 0 N–H and O–H groups in total. The minimum atomic E-state index is -0.305. The van der Waals surface area contributed by atoms with Gasteiger partial charge in [-0.3, -0.25) is 0 Å². The maximum Gasteiger partial charge on any atom is 0.123 e. The van der Waals surface area contributed by atoms with Crippen LogP contribution in [0.3, 0.4) is 0 Å². The molecule has 0 amide bonds. The zero-order valence-electron chi connectivity index (χ0n) is 15.3. The van der Waals surface area contributed by atoms with Crippen molar-refractivity contribution in [2.24, 2.45) is 0 Å². The molecule has 0 atom stereocenters. The third kappa shape index (κ3) is 3.32. The van der Waals surface area contributed by atoms with E-state index in [1.165, 1.54) is 23.4 Å². The van der Waals surface area contributed by atoms with Crippen molar-refractivity contribution in [2.75, 3.05) is 0 Å². The van der Waals surface area contributed by atoms with Crippen LogP contribution in [0.2, 0.25) is 0 Å². The van der Waals surface area contributed by atoms with E-state index in [4.69, 9.17) is 0 Å². The highest BCUT2D eigenvalue weighted by atomic mass is 19.1. The summed E-state index contributed by atoms with van der Waals surface area (Å²) in [6.07, 6.45) is 2.83. The largest absolute Gasteiger partial charge is 0.318 e. The Hall–Kier alpha value is -3.12. The molecule has 2 nitrogen and oxygen atoms in total. The van der Waals surface area contributed by atoms with E-state index in [0.717, 1.165) is 23.4 Å². The standard InChI is InChI=1S/C23H21FN2/c1-4-18-7-5-6-8-23(18)26-16(2)13-20(17(26)3)14-21(15-25)19-9-11-22(24)12-10-19/h5-14H,4H2,1-3H3/b21-14+. The quantitative estimate of drug-likeness (QED) is 0.545. The summed E-state index contributed by atoms with van der Waals surface area (Å²) in [5.74, 6) is -0.305. The SMILES string of the molecule is CCc1ccccc1-n1c(C)cc(/C=C(\C#N)c2ccc(F)cc2)c1C. The number of rotatable bonds is 4. The Bertz CT molecular complexity index is 1000. The molecule has 3 aromatic rings. The van der Waals surface area contributed by atoms with Gasteiger partial charge in [-0.15, -0.1) is 0 Å². The van der Waals surface area contributed by atoms with Gasteiger partial charge < -0.3 is 4.57 Å². The molecule has 0 fully saturated rings. The predicted molar refractivity (Wildman–Crippen MR) is 105 cm³/mol. The monoisotopic (exact) mass is 344 g/mol. The number of nitriles is 1. The molecule has 3 rings (SSSR count). The van der Waals surface area contributed by atoms with Crippen LogP contribution in [0, 0.1) is 31.0 Å². The number of allylic oxidation sites excluding steroid dienone is 1. The first-order valence-corrected chi connectivity index (χ1v) is 8.70. The van der Waals surface area contributed by atoms with Crippen molar-refractivity contribution in [3.63, 3.8) is 0 Å². The Morgan fingerprint density at radius 1 is 1.12 bits per heavy atom. The lowest BCUT2D eigenvalue weighted by molar-refractivity contribution is 0.627. The number of hydrogen-bond donors (Lipinski definition) is 0. The minimum absolute atomic E-state index is 0.305. The highest BCUT2D eigenvalue weighted by molar-refractivity contribution is 5.90. The number of halogens is 1. The zero-order chi connectivity index (χ0) is 18.7. The molecule has 0 saturated carbocycles. The summed E-state index contributed by atoms with van der Waals surface area (Å²) < 4.78 is 15.4. The second-order valence-electron chi connectivity index (χ2n) is 6.32. The van der Waals surface area contributed by atoms with Crippen LogP contribution in [0.1, 0.15) is 35.0 Å². The van der Waals surface area contributed by atoms with Crippen molar-refractivity contribution >= 4 is 11.6 Å². The zero-order valence-corrected chi connectivity index (χ0v) is 15.3. The first kappa shape index (κ1) is 17.7. The van der Waals surface area contributed by atoms with E-state index in [1.807, 2.05) is 12.1 Å². The van der Waals surface area contributed by atoms with E-state index < -0.39 is 0 Å². The van der Waals surface area contributed by atoms with Crippen LogP contribution in [-0.4, -0.2) is 4.57 Å². The second-order valence-corrected chi connectivity index (χ2v) is 6.32. The van der Waals surface area contributed by atoms with Gasteiger partial charge in [-0.05, 0) is 67.3 Å². The second kappa shape index (κ2) is 7.41. The summed E-state index contributed by atoms with van der Waals surface area (Å²) in [5.41, 5.74) is 6.88. The maximum atomic E-state index is 13.2. The van der Waals surface area contributed by atoms with Crippen LogP contribution in [-0.2, 0) is 6.42 Å². The number of benzene rings is 2. The fourth-order valence-electron chi connectivity index (χ4n) is 3.30. The first-order chi connectivity index (χ1) is 12.5. The lowest BCUT2D eigenvalue weighted by Gasteiger charge is -2.14. The Morgan fingerprint density at radius 3 is 2.46 bits per heavy atom. The molecule has 0 saturated heterocycles. The number of nitrogens with zero attached hydrogens (tertiary/aromatic N) is 2. The van der Waals surface area contributed by atoms with E-state index in [-0.39, 0.29) is 5.82 Å². The Balaban J connectivity index is 2.10. The molecule has 0 bridgehead atoms. The molecular formula is C23H21FN2. The summed E-state index contributed by atoms with van der Waals surface area (Å²) in [4.78, 5) is 0. The third-order valence-electron chi connectivity index (χ3n) is 4.66. The van der Waals surface area contributed by atoms with Crippen molar-refractivity contribution < 1.29 is 4.39 Å². The highest BCUT2D eigenvalue weighted by Gasteiger charge is 2.13. The van der Waals surface area contributed by atoms with Gasteiger partial charge in [0, 0.05) is 17.1 Å². The average molecular weight is 344 g/mol. The van der Waals surface area contributed by atoms with Crippen molar-refractivity contribution in [3.05, 3.63) is 88.5 Å². The van der Waals surface area contributed by atoms with Crippen molar-refractivity contribution in [1.82, 2.24) is 4.57 Å². The molecule has 130 valence electrons. The fraction of sp³-hybridized carbons (Fsp3) is 0.174. The van der Waals surface area contributed by atoms with E-state index in [9.17, 15) is 9.65 Å². The number of hydrogen-bond acceptors (Lipinski definition) is 1. The molecule has 3 heteroatoms. The minimum Gasteiger partial charge on any atom is -0.318 e. The van der Waals surface area contributed by atoms with Crippen molar-refractivity contribution in [1.29, 1.82) is 5.26 Å². The molecule has 0 aliphatic rings. The van der Waals surface area contributed by atoms with Gasteiger partial charge in [-0.2, -0.15) is 5.26 Å². The summed E-state index contributed by atoms with van der Waals surface area (Å²) in [6, 6.07) is 18.7. The number of para-hydroxylation sites is 1. The molecule has 26 heavy (non-hydrogen) atoms. The predicted octanol–water partition coefficient (Wildman–Crippen LogP) is 5.86. The normalized spacial score (nSPS) is 11.4. The average Bonchev–Trinajstić information content (AvgIpc) is 2.93. The van der Waals surface area contributed by atoms with Gasteiger partial charge in [0.2, 0.25) is 0 Å². The van der Waals surface area contributed by atoms with Gasteiger partial charge in [0.1, 0.15) is 5.82 Å². The molecular weight excluding hydrogens is 323 g/mol. The van der Waals surface area contributed by atoms with Crippen LogP contribution in [0.5, 0.6) is 0 Å². The Labute approximate surface area is 153 Å². The lowest BCUT2D eigenvalue weighted by Crippen LogP contribution is -2.02. The van der Waals surface area contributed by atoms with Gasteiger partial charge in [-0.25, -0.2) is 4.39 Å². The summed E-state index contributed by atoms with van der Waals surface area (Å²) in [5, 5.41) is 9.56. The van der Waals surface area contributed by atoms with E-state index in [0.29, 0.717) is 11.1 Å². The summed E-state index contributed by atoms with van der Waals surface area (Å²) in [6.45, 7) is 6.28. The van der Waals surface area contributed by atoms with E-state index in [2.05, 4.69) is 55.7 Å². The molecule has 0 radical (unpaired) electrons. The van der Waals surface area contributed by atoms with Gasteiger partial charge >= 0.3 is 0 Å². The van der Waals surface area contributed by atoms with Crippen LogP contribution >= 0.6 is 0 Å². The fourth-order valence-corrected chi connectivity index (χ4v) is 3.30. The Kier molecular flexibility index (Phi) is 5.04. The molecule has 1 heterocycles. The van der Waals surface area contributed by atoms with Gasteiger partial charge in [0.25, 0.3) is 0 Å². The highest BCUT2D eigenvalue weighted by Crippen LogP contribution is 2.27. The Morgan fingerprint density at radius 2 is 1.81 bits per heavy atom.